The number of nitrogens with zero attached hydrogens (tertiary/aromatic N) is 5. The smallest absolute Gasteiger partial charge is 0.248 e. The summed E-state index contributed by atoms with van der Waals surface area (Å²) in [7, 11) is -3.56. The van der Waals surface area contributed by atoms with Gasteiger partial charge in [-0.2, -0.15) is 9.10 Å². The highest BCUT2D eigenvalue weighted by Gasteiger charge is 2.28. The Bertz CT molecular complexity index is 1210. The standard InChI is InChI=1S/C21H23FN6O3S/c1-15-5-4-12-27(13-15)32(30,31)17-10-8-16(9-11-17)23-20(29)14-28-25-21(24-26-28)18-6-2-3-7-19(18)22/h2-3,6-11,15H,4-5,12-14H2,1H3,(H,23,29)/t15-/m0/s1. The van der Waals surface area contributed by atoms with E-state index in [4.69, 9.17) is 0 Å². The van der Waals surface area contributed by atoms with Crippen LogP contribution in [0.2, 0.25) is 0 Å². The molecule has 1 aliphatic heterocycles. The van der Waals surface area contributed by atoms with Crippen LogP contribution in [0.5, 0.6) is 0 Å². The van der Waals surface area contributed by atoms with Crippen LogP contribution in [-0.2, 0) is 21.4 Å². The van der Waals surface area contributed by atoms with Crippen LogP contribution in [-0.4, -0.2) is 51.9 Å². The summed E-state index contributed by atoms with van der Waals surface area (Å²) in [5.74, 6) is -0.493. The number of hydrogen-bond donors (Lipinski definition) is 1. The van der Waals surface area contributed by atoms with Gasteiger partial charge in [-0.25, -0.2) is 12.8 Å². The lowest BCUT2D eigenvalue weighted by molar-refractivity contribution is -0.117. The first-order valence-corrected chi connectivity index (χ1v) is 11.7. The number of carbonyl (C=O) groups excluding carboxylic acids is 1. The first kappa shape index (κ1) is 22.0. The van der Waals surface area contributed by atoms with Gasteiger partial charge in [-0.15, -0.1) is 10.2 Å². The van der Waals surface area contributed by atoms with Gasteiger partial charge in [-0.3, -0.25) is 4.79 Å². The molecule has 2 heterocycles. The first-order chi connectivity index (χ1) is 15.3. The fourth-order valence-corrected chi connectivity index (χ4v) is 5.21. The molecule has 0 radical (unpaired) electrons. The lowest BCUT2D eigenvalue weighted by Gasteiger charge is -2.30. The number of halogens is 1. The molecule has 1 fully saturated rings. The second-order valence-electron chi connectivity index (χ2n) is 7.81. The van der Waals surface area contributed by atoms with Crippen molar-refractivity contribution in [3.8, 4) is 11.4 Å². The monoisotopic (exact) mass is 458 g/mol. The maximum Gasteiger partial charge on any atom is 0.248 e. The lowest BCUT2D eigenvalue weighted by atomic mass is 10.0. The number of hydrogen-bond acceptors (Lipinski definition) is 6. The van der Waals surface area contributed by atoms with Crippen molar-refractivity contribution in [2.24, 2.45) is 5.92 Å². The molecule has 1 N–H and O–H groups in total. The van der Waals surface area contributed by atoms with Crippen LogP contribution in [0.3, 0.4) is 0 Å². The number of rotatable bonds is 6. The van der Waals surface area contributed by atoms with Crippen molar-refractivity contribution in [3.05, 3.63) is 54.3 Å². The van der Waals surface area contributed by atoms with E-state index < -0.39 is 21.7 Å². The third kappa shape index (κ3) is 4.83. The maximum atomic E-state index is 13.8. The second kappa shape index (κ2) is 9.13. The summed E-state index contributed by atoms with van der Waals surface area (Å²) in [6.07, 6.45) is 1.88. The summed E-state index contributed by atoms with van der Waals surface area (Å²) in [6, 6.07) is 12.1. The Morgan fingerprint density at radius 3 is 2.66 bits per heavy atom. The fourth-order valence-electron chi connectivity index (χ4n) is 3.61. The van der Waals surface area contributed by atoms with E-state index in [2.05, 4.69) is 20.7 Å². The molecule has 0 bridgehead atoms. The molecule has 0 saturated carbocycles. The summed E-state index contributed by atoms with van der Waals surface area (Å²) >= 11 is 0. The molecular weight excluding hydrogens is 435 g/mol. The van der Waals surface area contributed by atoms with E-state index in [0.717, 1.165) is 17.6 Å². The fraction of sp³-hybridized carbons (Fsp3) is 0.333. The molecule has 1 saturated heterocycles. The normalized spacial score (nSPS) is 17.2. The quantitative estimate of drug-likeness (QED) is 0.608. The molecule has 4 rings (SSSR count). The maximum absolute atomic E-state index is 13.8. The van der Waals surface area contributed by atoms with Crippen LogP contribution >= 0.6 is 0 Å². The second-order valence-corrected chi connectivity index (χ2v) is 9.74. The van der Waals surface area contributed by atoms with Gasteiger partial charge in [0.25, 0.3) is 0 Å². The highest BCUT2D eigenvalue weighted by molar-refractivity contribution is 7.89. The third-order valence-electron chi connectivity index (χ3n) is 5.25. The van der Waals surface area contributed by atoms with Crippen LogP contribution in [0, 0.1) is 11.7 Å². The zero-order valence-corrected chi connectivity index (χ0v) is 18.3. The van der Waals surface area contributed by atoms with Crippen molar-refractivity contribution in [3.63, 3.8) is 0 Å². The van der Waals surface area contributed by atoms with Gasteiger partial charge in [0.15, 0.2) is 0 Å². The zero-order chi connectivity index (χ0) is 22.7. The third-order valence-corrected chi connectivity index (χ3v) is 7.13. The van der Waals surface area contributed by atoms with Gasteiger partial charge < -0.3 is 5.32 Å². The van der Waals surface area contributed by atoms with Crippen molar-refractivity contribution >= 4 is 21.6 Å². The highest BCUT2D eigenvalue weighted by Crippen LogP contribution is 2.24. The predicted molar refractivity (Wildman–Crippen MR) is 115 cm³/mol. The molecule has 1 aliphatic rings. The summed E-state index contributed by atoms with van der Waals surface area (Å²) in [6.45, 7) is 2.85. The Morgan fingerprint density at radius 1 is 1.19 bits per heavy atom. The van der Waals surface area contributed by atoms with E-state index in [-0.39, 0.29) is 22.8 Å². The summed E-state index contributed by atoms with van der Waals surface area (Å²) in [4.78, 5) is 13.6. The summed E-state index contributed by atoms with van der Waals surface area (Å²) in [5.41, 5.74) is 0.634. The molecule has 168 valence electrons. The van der Waals surface area contributed by atoms with Gasteiger partial charge in [0, 0.05) is 18.8 Å². The van der Waals surface area contributed by atoms with Gasteiger partial charge in [0.1, 0.15) is 12.4 Å². The summed E-state index contributed by atoms with van der Waals surface area (Å²) < 4.78 is 41.0. The van der Waals surface area contributed by atoms with E-state index in [0.29, 0.717) is 24.7 Å². The molecule has 1 aromatic heterocycles. The van der Waals surface area contributed by atoms with Crippen molar-refractivity contribution in [2.75, 3.05) is 18.4 Å². The van der Waals surface area contributed by atoms with Gasteiger partial charge in [-0.1, -0.05) is 19.1 Å². The topological polar surface area (TPSA) is 110 Å². The van der Waals surface area contributed by atoms with E-state index in [9.17, 15) is 17.6 Å². The van der Waals surface area contributed by atoms with Crippen LogP contribution in [0.4, 0.5) is 10.1 Å². The van der Waals surface area contributed by atoms with E-state index in [1.165, 1.54) is 40.7 Å². The molecule has 32 heavy (non-hydrogen) atoms. The molecule has 2 aromatic carbocycles. The first-order valence-electron chi connectivity index (χ1n) is 10.3. The number of sulfonamides is 1. The number of amides is 1. The number of tetrazole rings is 1. The minimum Gasteiger partial charge on any atom is -0.324 e. The predicted octanol–water partition coefficient (Wildman–Crippen LogP) is 2.54. The number of benzene rings is 2. The SMILES string of the molecule is C[C@H]1CCCN(S(=O)(=O)c2ccc(NC(=O)Cn3nnc(-c4ccccc4F)n3)cc2)C1. The van der Waals surface area contributed by atoms with Gasteiger partial charge in [0.2, 0.25) is 21.8 Å². The Kier molecular flexibility index (Phi) is 6.28. The molecule has 1 atom stereocenters. The summed E-state index contributed by atoms with van der Waals surface area (Å²) in [5, 5.41) is 14.3. The van der Waals surface area contributed by atoms with Crippen molar-refractivity contribution in [2.45, 2.75) is 31.2 Å². The minimum atomic E-state index is -3.56. The molecule has 0 spiro atoms. The molecule has 1 amide bonds. The van der Waals surface area contributed by atoms with Crippen LogP contribution in [0.25, 0.3) is 11.4 Å². The van der Waals surface area contributed by atoms with Gasteiger partial charge in [-0.05, 0) is 60.4 Å². The van der Waals surface area contributed by atoms with Gasteiger partial charge >= 0.3 is 0 Å². The molecule has 0 unspecified atom stereocenters. The number of anilines is 1. The average Bonchev–Trinajstić information content (AvgIpc) is 3.22. The molecule has 3 aromatic rings. The van der Waals surface area contributed by atoms with E-state index >= 15 is 0 Å². The zero-order valence-electron chi connectivity index (χ0n) is 17.5. The molecule has 9 nitrogen and oxygen atoms in total. The highest BCUT2D eigenvalue weighted by atomic mass is 32.2. The number of carbonyl (C=O) groups is 1. The minimum absolute atomic E-state index is 0.0810. The van der Waals surface area contributed by atoms with E-state index in [1.807, 2.05) is 6.92 Å². The van der Waals surface area contributed by atoms with Crippen LogP contribution in [0.15, 0.2) is 53.4 Å². The van der Waals surface area contributed by atoms with Crippen LogP contribution in [0.1, 0.15) is 19.8 Å². The van der Waals surface area contributed by atoms with Crippen LogP contribution < -0.4 is 5.32 Å². The van der Waals surface area contributed by atoms with Crippen molar-refractivity contribution < 1.29 is 17.6 Å². The van der Waals surface area contributed by atoms with Gasteiger partial charge in [0.05, 0.1) is 10.5 Å². The molecule has 0 aliphatic carbocycles. The number of nitrogens with one attached hydrogen (secondary N) is 1. The van der Waals surface area contributed by atoms with E-state index in [1.54, 1.807) is 12.1 Å². The number of aromatic nitrogens is 4. The van der Waals surface area contributed by atoms with Crippen molar-refractivity contribution in [1.82, 2.24) is 24.5 Å². The Balaban J connectivity index is 1.39. The average molecular weight is 459 g/mol. The lowest BCUT2D eigenvalue weighted by Crippen LogP contribution is -2.39. The molecule has 11 heteroatoms. The molecular formula is C21H23FN6O3S. The Labute approximate surface area is 185 Å². The number of piperidine rings is 1. The largest absolute Gasteiger partial charge is 0.324 e. The van der Waals surface area contributed by atoms with Crippen molar-refractivity contribution in [1.29, 1.82) is 0 Å². The Hall–Kier alpha value is -3.18. The Morgan fingerprint density at radius 2 is 1.94 bits per heavy atom.